The Kier molecular flexibility index (Phi) is 10.2. The van der Waals surface area contributed by atoms with Gasteiger partial charge in [0.2, 0.25) is 0 Å². The molecule has 0 amide bonds. The number of hydrogen-bond donors (Lipinski definition) is 2. The van der Waals surface area contributed by atoms with Gasteiger partial charge in [0.15, 0.2) is 11.6 Å². The van der Waals surface area contributed by atoms with Crippen LogP contribution in [0.25, 0.3) is 0 Å². The van der Waals surface area contributed by atoms with Crippen molar-refractivity contribution in [2.24, 2.45) is 23.2 Å². The lowest BCUT2D eigenvalue weighted by Gasteiger charge is -2.61. The lowest BCUT2D eigenvalue weighted by Crippen LogP contribution is -2.68. The summed E-state index contributed by atoms with van der Waals surface area (Å²) in [6.07, 6.45) is -1.96. The van der Waals surface area contributed by atoms with Crippen LogP contribution in [-0.2, 0) is 33.3 Å². The molecule has 10 nitrogen and oxygen atoms in total. The van der Waals surface area contributed by atoms with Gasteiger partial charge in [0.25, 0.3) is 0 Å². The largest absolute Gasteiger partial charge is 0.497 e. The highest BCUT2D eigenvalue weighted by Crippen LogP contribution is 2.57. The van der Waals surface area contributed by atoms with Crippen LogP contribution in [0, 0.1) is 23.2 Å². The van der Waals surface area contributed by atoms with Crippen LogP contribution in [0.3, 0.4) is 0 Å². The van der Waals surface area contributed by atoms with Crippen LogP contribution in [-0.4, -0.2) is 72.4 Å². The third-order valence-corrected chi connectivity index (χ3v) is 9.92. The van der Waals surface area contributed by atoms with Crippen molar-refractivity contribution in [3.8, 4) is 5.75 Å². The molecule has 1 spiro atoms. The maximum atomic E-state index is 13.2. The van der Waals surface area contributed by atoms with Gasteiger partial charge in [-0.05, 0) is 49.8 Å². The first-order valence-corrected chi connectivity index (χ1v) is 15.5. The van der Waals surface area contributed by atoms with Gasteiger partial charge in [-0.25, -0.2) is 0 Å². The number of fused-ring (bicyclic) bond motifs is 2. The van der Waals surface area contributed by atoms with Gasteiger partial charge in [-0.15, -0.1) is 0 Å². The fraction of sp³-hybridized carbons (Fsp3) is 0.758. The minimum Gasteiger partial charge on any atom is -0.497 e. The van der Waals surface area contributed by atoms with Crippen molar-refractivity contribution in [2.45, 2.75) is 122 Å². The molecule has 10 atom stereocenters. The van der Waals surface area contributed by atoms with E-state index in [4.69, 9.17) is 28.4 Å². The molecule has 0 aromatic heterocycles. The Labute approximate surface area is 255 Å². The van der Waals surface area contributed by atoms with E-state index in [2.05, 4.69) is 6.92 Å². The number of aliphatic hydroxyl groups excluding tert-OH is 1. The van der Waals surface area contributed by atoms with Gasteiger partial charge >= 0.3 is 11.9 Å². The number of esters is 2. The average Bonchev–Trinajstić information content (AvgIpc) is 2.93. The zero-order valence-corrected chi connectivity index (χ0v) is 26.8. The molecule has 2 N–H and O–H groups in total. The molecule has 4 rings (SSSR count). The number of methoxy groups -OCH3 is 2. The van der Waals surface area contributed by atoms with E-state index in [1.54, 1.807) is 14.2 Å². The Balaban J connectivity index is 1.65. The lowest BCUT2D eigenvalue weighted by molar-refractivity contribution is -0.452. The molecule has 3 saturated heterocycles. The van der Waals surface area contributed by atoms with Crippen molar-refractivity contribution < 1.29 is 48.2 Å². The molecule has 3 fully saturated rings. The quantitative estimate of drug-likeness (QED) is 0.402. The van der Waals surface area contributed by atoms with E-state index in [1.165, 1.54) is 6.92 Å². The van der Waals surface area contributed by atoms with Crippen molar-refractivity contribution in [1.82, 2.24) is 0 Å². The third-order valence-electron chi connectivity index (χ3n) is 9.92. The molecule has 1 aromatic carbocycles. The predicted octanol–water partition coefficient (Wildman–Crippen LogP) is 4.69. The van der Waals surface area contributed by atoms with Gasteiger partial charge in [-0.2, -0.15) is 0 Å². The number of carbonyl (C=O) groups is 2. The van der Waals surface area contributed by atoms with Crippen LogP contribution < -0.4 is 4.74 Å². The van der Waals surface area contributed by atoms with Crippen LogP contribution >= 0.6 is 0 Å². The Morgan fingerprint density at radius 2 is 1.77 bits per heavy atom. The summed E-state index contributed by atoms with van der Waals surface area (Å²) < 4.78 is 36.2. The molecule has 0 radical (unpaired) electrons. The summed E-state index contributed by atoms with van der Waals surface area (Å²) >= 11 is 0. The van der Waals surface area contributed by atoms with E-state index in [9.17, 15) is 19.8 Å². The highest BCUT2D eigenvalue weighted by Gasteiger charge is 2.64. The molecule has 3 bridgehead atoms. The van der Waals surface area contributed by atoms with E-state index in [-0.39, 0.29) is 30.8 Å². The number of carbonyl (C=O) groups excluding carboxylic acids is 2. The van der Waals surface area contributed by atoms with Crippen molar-refractivity contribution in [1.29, 1.82) is 0 Å². The molecule has 0 aliphatic carbocycles. The Bertz CT molecular complexity index is 1140. The predicted molar refractivity (Wildman–Crippen MR) is 157 cm³/mol. The minimum atomic E-state index is -1.87. The lowest BCUT2D eigenvalue weighted by atomic mass is 9.66. The maximum absolute atomic E-state index is 13.2. The van der Waals surface area contributed by atoms with Crippen molar-refractivity contribution in [2.75, 3.05) is 14.2 Å². The smallest absolute Gasteiger partial charge is 0.311 e. The normalized spacial score (nSPS) is 36.7. The van der Waals surface area contributed by atoms with Crippen LogP contribution in [0.5, 0.6) is 5.75 Å². The molecule has 10 unspecified atom stereocenters. The topological polar surface area (TPSA) is 130 Å². The van der Waals surface area contributed by atoms with Gasteiger partial charge in [-0.1, -0.05) is 46.8 Å². The van der Waals surface area contributed by atoms with Gasteiger partial charge in [0.1, 0.15) is 18.0 Å². The molecule has 242 valence electrons. The number of rotatable bonds is 8. The zero-order valence-electron chi connectivity index (χ0n) is 26.8. The standard InChI is InChI=1S/C33H50O10/c1-19(12-13-25(39-8)23-10-9-11-24(14-23)38-7)30-21(3)27-17-33(42-30)31(5,6)16-20(2)32(37,43-33)18-29(36)40-26(22(4)34)15-28(35)41-27/h9-11,14,19-22,25-27,30,34,37H,12-13,15-18H2,1-8H3. The Hall–Kier alpha value is -2.24. The number of cyclic esters (lactones) is 1. The number of hydrogen-bond acceptors (Lipinski definition) is 10. The Morgan fingerprint density at radius 1 is 1.05 bits per heavy atom. The van der Waals surface area contributed by atoms with Crippen LogP contribution in [0.1, 0.15) is 91.7 Å². The summed E-state index contributed by atoms with van der Waals surface area (Å²) in [5.41, 5.74) is 0.424. The van der Waals surface area contributed by atoms with Crippen LogP contribution in [0.2, 0.25) is 0 Å². The fourth-order valence-corrected chi connectivity index (χ4v) is 7.09. The van der Waals surface area contributed by atoms with Gasteiger partial charge in [0.05, 0.1) is 38.3 Å². The molecule has 1 aromatic rings. The summed E-state index contributed by atoms with van der Waals surface area (Å²) in [7, 11) is 3.33. The molecule has 3 heterocycles. The highest BCUT2D eigenvalue weighted by atomic mass is 16.8. The number of ether oxygens (including phenoxy) is 6. The summed E-state index contributed by atoms with van der Waals surface area (Å²) in [6.45, 7) is 11.4. The van der Waals surface area contributed by atoms with Crippen LogP contribution in [0.15, 0.2) is 24.3 Å². The molecule has 43 heavy (non-hydrogen) atoms. The Morgan fingerprint density at radius 3 is 2.42 bits per heavy atom. The third kappa shape index (κ3) is 7.04. The molecular weight excluding hydrogens is 556 g/mol. The average molecular weight is 607 g/mol. The van der Waals surface area contributed by atoms with E-state index in [1.807, 2.05) is 52.0 Å². The van der Waals surface area contributed by atoms with Gasteiger partial charge in [-0.3, -0.25) is 9.59 Å². The SMILES string of the molecule is COc1cccc(C(CCC(C)C2OC34CC(OC(=O)CC(C(C)O)OC(=O)CC(O)(O3)C(C)CC4(C)C)C2C)OC)c1. The van der Waals surface area contributed by atoms with E-state index in [0.717, 1.165) is 17.7 Å². The second kappa shape index (κ2) is 13.0. The van der Waals surface area contributed by atoms with Crippen LogP contribution in [0.4, 0.5) is 0 Å². The molecule has 0 saturated carbocycles. The van der Waals surface area contributed by atoms with Crippen molar-refractivity contribution in [3.05, 3.63) is 29.8 Å². The zero-order chi connectivity index (χ0) is 31.7. The summed E-state index contributed by atoms with van der Waals surface area (Å²) in [5, 5.41) is 22.0. The second-order valence-corrected chi connectivity index (χ2v) is 13.6. The van der Waals surface area contributed by atoms with Crippen molar-refractivity contribution in [3.63, 3.8) is 0 Å². The van der Waals surface area contributed by atoms with E-state index in [0.29, 0.717) is 12.8 Å². The summed E-state index contributed by atoms with van der Waals surface area (Å²) in [4.78, 5) is 26.1. The maximum Gasteiger partial charge on any atom is 0.311 e. The van der Waals surface area contributed by atoms with Gasteiger partial charge in [0, 0.05) is 30.8 Å². The number of aliphatic hydroxyl groups is 2. The molecule has 10 heteroatoms. The number of benzene rings is 1. The first-order chi connectivity index (χ1) is 20.1. The minimum absolute atomic E-state index is 0.00781. The molecular formula is C33H50O10. The molecule has 3 aliphatic rings. The van der Waals surface area contributed by atoms with E-state index < -0.39 is 65.7 Å². The molecule has 3 aliphatic heterocycles. The summed E-state index contributed by atoms with van der Waals surface area (Å²) in [5.74, 6) is -4.41. The van der Waals surface area contributed by atoms with Gasteiger partial charge < -0.3 is 38.6 Å². The first-order valence-electron chi connectivity index (χ1n) is 15.5. The van der Waals surface area contributed by atoms with Crippen molar-refractivity contribution >= 4 is 11.9 Å². The van der Waals surface area contributed by atoms with E-state index >= 15 is 0 Å². The monoisotopic (exact) mass is 606 g/mol. The fourth-order valence-electron chi connectivity index (χ4n) is 7.09. The highest BCUT2D eigenvalue weighted by molar-refractivity contribution is 5.73. The summed E-state index contributed by atoms with van der Waals surface area (Å²) in [6, 6.07) is 7.82. The second-order valence-electron chi connectivity index (χ2n) is 13.6. The first kappa shape index (κ1) is 33.6.